The number of hydrogen-bond acceptors (Lipinski definition) is 6. The Kier molecular flexibility index (Phi) is 4.61. The van der Waals surface area contributed by atoms with Crippen molar-refractivity contribution >= 4 is 17.8 Å². The van der Waals surface area contributed by atoms with E-state index in [4.69, 9.17) is 4.42 Å². The fourth-order valence-corrected chi connectivity index (χ4v) is 2.12. The van der Waals surface area contributed by atoms with Gasteiger partial charge in [-0.05, 0) is 30.3 Å². The summed E-state index contributed by atoms with van der Waals surface area (Å²) in [6.07, 6.45) is 2.81. The first kappa shape index (κ1) is 16.1. The van der Waals surface area contributed by atoms with Gasteiger partial charge in [0, 0.05) is 12.3 Å². The number of hydrogen-bond donors (Lipinski definition) is 1. The molecule has 0 aliphatic rings. The zero-order chi connectivity index (χ0) is 17.6. The van der Waals surface area contributed by atoms with Crippen molar-refractivity contribution in [3.63, 3.8) is 0 Å². The van der Waals surface area contributed by atoms with Crippen LogP contribution in [0.5, 0.6) is 0 Å². The van der Waals surface area contributed by atoms with Crippen LogP contribution in [0, 0.1) is 10.1 Å². The summed E-state index contributed by atoms with van der Waals surface area (Å²) in [4.78, 5) is 26.3. The predicted molar refractivity (Wildman–Crippen MR) is 90.1 cm³/mol. The summed E-state index contributed by atoms with van der Waals surface area (Å²) in [5, 5.41) is 14.9. The molecule has 3 rings (SSSR count). The highest BCUT2D eigenvalue weighted by atomic mass is 16.6. The molecule has 1 N–H and O–H groups in total. The second-order valence-corrected chi connectivity index (χ2v) is 4.89. The van der Waals surface area contributed by atoms with E-state index in [2.05, 4.69) is 15.5 Å². The number of carbonyl (C=O) groups excluding carboxylic acids is 1. The van der Waals surface area contributed by atoms with E-state index < -0.39 is 10.8 Å². The largest absolute Gasteiger partial charge is 0.455 e. The Morgan fingerprint density at radius 3 is 2.72 bits per heavy atom. The zero-order valence-corrected chi connectivity index (χ0v) is 12.8. The molecule has 0 spiro atoms. The van der Waals surface area contributed by atoms with Crippen LogP contribution in [0.1, 0.15) is 16.2 Å². The molecule has 2 aromatic heterocycles. The molecule has 0 fully saturated rings. The smallest absolute Gasteiger partial charge is 0.289 e. The number of benzene rings is 1. The van der Waals surface area contributed by atoms with Gasteiger partial charge < -0.3 is 4.42 Å². The molecule has 0 saturated carbocycles. The third-order valence-electron chi connectivity index (χ3n) is 3.25. The molecule has 1 amide bonds. The van der Waals surface area contributed by atoms with Gasteiger partial charge in [-0.25, -0.2) is 5.43 Å². The fourth-order valence-electron chi connectivity index (χ4n) is 2.12. The number of rotatable bonds is 5. The Hall–Kier alpha value is -3.81. The highest BCUT2D eigenvalue weighted by molar-refractivity contribution is 5.92. The van der Waals surface area contributed by atoms with E-state index in [-0.39, 0.29) is 11.4 Å². The highest BCUT2D eigenvalue weighted by Gasteiger charge is 2.16. The number of nitrogens with zero attached hydrogens (tertiary/aromatic N) is 3. The molecule has 124 valence electrons. The Bertz CT molecular complexity index is 935. The van der Waals surface area contributed by atoms with Gasteiger partial charge in [0.25, 0.3) is 11.6 Å². The predicted octanol–water partition coefficient (Wildman–Crippen LogP) is 3.01. The number of para-hydroxylation sites is 1. The Balaban J connectivity index is 1.72. The van der Waals surface area contributed by atoms with Crippen molar-refractivity contribution in [2.45, 2.75) is 0 Å². The summed E-state index contributed by atoms with van der Waals surface area (Å²) >= 11 is 0. The number of aromatic nitrogens is 1. The van der Waals surface area contributed by atoms with Crippen molar-refractivity contribution in [3.8, 4) is 11.3 Å². The molecule has 0 atom stereocenters. The first-order valence-electron chi connectivity index (χ1n) is 7.23. The Labute approximate surface area is 142 Å². The first-order valence-corrected chi connectivity index (χ1v) is 7.23. The summed E-state index contributed by atoms with van der Waals surface area (Å²) in [6.45, 7) is 0. The van der Waals surface area contributed by atoms with Crippen molar-refractivity contribution < 1.29 is 14.1 Å². The lowest BCUT2D eigenvalue weighted by atomic mass is 10.1. The van der Waals surface area contributed by atoms with E-state index in [1.54, 1.807) is 48.5 Å². The lowest BCUT2D eigenvalue weighted by Gasteiger charge is -1.99. The monoisotopic (exact) mass is 336 g/mol. The van der Waals surface area contributed by atoms with Crippen LogP contribution in [-0.4, -0.2) is 22.0 Å². The molecule has 8 nitrogen and oxygen atoms in total. The molecule has 0 bridgehead atoms. The van der Waals surface area contributed by atoms with Gasteiger partial charge in [-0.15, -0.1) is 0 Å². The molecule has 3 aromatic rings. The quantitative estimate of drug-likeness (QED) is 0.437. The number of nitro benzene ring substituents is 1. The second kappa shape index (κ2) is 7.18. The van der Waals surface area contributed by atoms with Crippen LogP contribution in [0.3, 0.4) is 0 Å². The lowest BCUT2D eigenvalue weighted by molar-refractivity contribution is -0.384. The van der Waals surface area contributed by atoms with Gasteiger partial charge in [0.05, 0.1) is 16.7 Å². The second-order valence-electron chi connectivity index (χ2n) is 4.89. The summed E-state index contributed by atoms with van der Waals surface area (Å²) in [7, 11) is 0. The van der Waals surface area contributed by atoms with Gasteiger partial charge in [-0.2, -0.15) is 5.10 Å². The molecule has 1 aromatic carbocycles. The highest BCUT2D eigenvalue weighted by Crippen LogP contribution is 2.30. The van der Waals surface area contributed by atoms with Gasteiger partial charge in [0.2, 0.25) is 0 Å². The number of amides is 1. The topological polar surface area (TPSA) is 111 Å². The lowest BCUT2D eigenvalue weighted by Crippen LogP contribution is -2.18. The van der Waals surface area contributed by atoms with Gasteiger partial charge in [-0.3, -0.25) is 19.9 Å². The number of hydrazone groups is 1. The maximum Gasteiger partial charge on any atom is 0.289 e. The first-order chi connectivity index (χ1) is 12.1. The normalized spacial score (nSPS) is 10.7. The van der Waals surface area contributed by atoms with Gasteiger partial charge in [-0.1, -0.05) is 18.2 Å². The molecule has 25 heavy (non-hydrogen) atoms. The number of pyridine rings is 1. The number of carbonyl (C=O) groups is 1. The van der Waals surface area contributed by atoms with Crippen LogP contribution in [0.2, 0.25) is 0 Å². The van der Waals surface area contributed by atoms with Crippen molar-refractivity contribution in [1.29, 1.82) is 0 Å². The van der Waals surface area contributed by atoms with E-state index in [1.807, 2.05) is 0 Å². The van der Waals surface area contributed by atoms with E-state index in [0.29, 0.717) is 17.1 Å². The molecular weight excluding hydrogens is 324 g/mol. The SMILES string of the molecule is O=C(N/N=C/c1ccc(-c2ccccc2[N+](=O)[O-])o1)c1ccccn1. The third kappa shape index (κ3) is 3.75. The van der Waals surface area contributed by atoms with Crippen molar-refractivity contribution in [1.82, 2.24) is 10.4 Å². The summed E-state index contributed by atoms with van der Waals surface area (Å²) in [5.74, 6) is 0.224. The number of furan rings is 1. The molecule has 2 heterocycles. The maximum atomic E-state index is 11.8. The van der Waals surface area contributed by atoms with Gasteiger partial charge >= 0.3 is 0 Å². The Morgan fingerprint density at radius 2 is 1.96 bits per heavy atom. The van der Waals surface area contributed by atoms with Crippen molar-refractivity contribution in [3.05, 3.63) is 82.4 Å². The van der Waals surface area contributed by atoms with Crippen LogP contribution >= 0.6 is 0 Å². The minimum atomic E-state index is -0.474. The third-order valence-corrected chi connectivity index (χ3v) is 3.25. The summed E-state index contributed by atoms with van der Waals surface area (Å²) in [5.41, 5.74) is 2.88. The van der Waals surface area contributed by atoms with Crippen molar-refractivity contribution in [2.24, 2.45) is 5.10 Å². The minimum absolute atomic E-state index is 0.0520. The summed E-state index contributed by atoms with van der Waals surface area (Å²) in [6, 6.07) is 14.4. The van der Waals surface area contributed by atoms with Gasteiger partial charge in [0.1, 0.15) is 17.2 Å². The molecule has 0 saturated heterocycles. The van der Waals surface area contributed by atoms with Gasteiger partial charge in [0.15, 0.2) is 0 Å². The molecule has 0 radical (unpaired) electrons. The number of nitro groups is 1. The van der Waals surface area contributed by atoms with E-state index in [1.165, 1.54) is 18.5 Å². The standard InChI is InChI=1S/C17H12N4O4/c22-17(14-6-3-4-10-18-14)20-19-11-12-8-9-16(25-12)13-5-1-2-7-15(13)21(23)24/h1-11H,(H,20,22)/b19-11+. The molecule has 0 aliphatic heterocycles. The number of nitrogens with one attached hydrogen (secondary N) is 1. The van der Waals surface area contributed by atoms with Crippen molar-refractivity contribution in [2.75, 3.05) is 0 Å². The Morgan fingerprint density at radius 1 is 1.16 bits per heavy atom. The fraction of sp³-hybridized carbons (Fsp3) is 0. The molecular formula is C17H12N4O4. The molecule has 0 unspecified atom stereocenters. The maximum absolute atomic E-state index is 11.8. The average Bonchev–Trinajstić information content (AvgIpc) is 3.11. The van der Waals surface area contributed by atoms with E-state index in [9.17, 15) is 14.9 Å². The van der Waals surface area contributed by atoms with E-state index >= 15 is 0 Å². The molecule has 8 heteroatoms. The van der Waals surface area contributed by atoms with Crippen LogP contribution in [0.15, 0.2) is 70.3 Å². The zero-order valence-electron chi connectivity index (χ0n) is 12.8. The minimum Gasteiger partial charge on any atom is -0.455 e. The van der Waals surface area contributed by atoms with Crippen LogP contribution in [0.25, 0.3) is 11.3 Å². The summed E-state index contributed by atoms with van der Waals surface area (Å²) < 4.78 is 5.53. The van der Waals surface area contributed by atoms with Crippen LogP contribution in [0.4, 0.5) is 5.69 Å². The molecule has 0 aliphatic carbocycles. The van der Waals surface area contributed by atoms with E-state index in [0.717, 1.165) is 0 Å². The average molecular weight is 336 g/mol. The van der Waals surface area contributed by atoms with Crippen LogP contribution < -0.4 is 5.43 Å². The van der Waals surface area contributed by atoms with Crippen LogP contribution in [-0.2, 0) is 0 Å².